The number of halogens is 1. The standard InChI is InChI=1S/C14H12ClN3O5S/c15-8-3-7(1-2-9(8)23-6-12(17)20)4-10-13(21)18(5-11(16)19)14(22)24-10/h1-4H,5-6H2,(H2,16,19)(H2,17,20)/b10-4-. The summed E-state index contributed by atoms with van der Waals surface area (Å²) in [6.07, 6.45) is 1.45. The second-order valence-corrected chi connectivity index (χ2v) is 6.08. The SMILES string of the molecule is NC(=O)COc1ccc(/C=C2\SC(=O)N(CC(N)=O)C2=O)cc1Cl. The van der Waals surface area contributed by atoms with Gasteiger partial charge in [-0.25, -0.2) is 0 Å². The van der Waals surface area contributed by atoms with Gasteiger partial charge in [0.25, 0.3) is 17.1 Å². The highest BCUT2D eigenvalue weighted by Gasteiger charge is 2.35. The van der Waals surface area contributed by atoms with E-state index >= 15 is 0 Å². The number of hydrogen-bond donors (Lipinski definition) is 2. The molecule has 0 aliphatic carbocycles. The van der Waals surface area contributed by atoms with Crippen LogP contribution in [0.5, 0.6) is 5.75 Å². The zero-order chi connectivity index (χ0) is 17.9. The summed E-state index contributed by atoms with van der Waals surface area (Å²) in [5.41, 5.74) is 10.5. The van der Waals surface area contributed by atoms with Crippen molar-refractivity contribution in [3.63, 3.8) is 0 Å². The van der Waals surface area contributed by atoms with Gasteiger partial charge >= 0.3 is 0 Å². The molecule has 0 radical (unpaired) electrons. The molecule has 1 fully saturated rings. The first kappa shape index (κ1) is 17.8. The molecular formula is C14H12ClN3O5S. The molecule has 4 N–H and O–H groups in total. The number of carbonyl (C=O) groups excluding carboxylic acids is 4. The van der Waals surface area contributed by atoms with E-state index in [2.05, 4.69) is 0 Å². The van der Waals surface area contributed by atoms with E-state index in [1.165, 1.54) is 18.2 Å². The summed E-state index contributed by atoms with van der Waals surface area (Å²) in [7, 11) is 0. The summed E-state index contributed by atoms with van der Waals surface area (Å²) in [5.74, 6) is -1.76. The lowest BCUT2D eigenvalue weighted by molar-refractivity contribution is -0.127. The highest BCUT2D eigenvalue weighted by atomic mass is 35.5. The molecule has 126 valence electrons. The number of ether oxygens (including phenoxy) is 1. The molecule has 8 nitrogen and oxygen atoms in total. The van der Waals surface area contributed by atoms with Gasteiger partial charge in [0.05, 0.1) is 9.93 Å². The quantitative estimate of drug-likeness (QED) is 0.710. The summed E-state index contributed by atoms with van der Waals surface area (Å²) in [6, 6.07) is 4.59. The van der Waals surface area contributed by atoms with Gasteiger partial charge in [-0.2, -0.15) is 0 Å². The minimum absolute atomic E-state index is 0.142. The van der Waals surface area contributed by atoms with Crippen LogP contribution in [-0.4, -0.2) is 41.0 Å². The number of carbonyl (C=O) groups is 4. The molecule has 0 atom stereocenters. The first-order valence-electron chi connectivity index (χ1n) is 6.52. The van der Waals surface area contributed by atoms with E-state index in [1.54, 1.807) is 6.07 Å². The van der Waals surface area contributed by atoms with Crippen LogP contribution in [0.3, 0.4) is 0 Å². The lowest BCUT2D eigenvalue weighted by Gasteiger charge is -2.08. The molecule has 2 rings (SSSR count). The highest BCUT2D eigenvalue weighted by molar-refractivity contribution is 8.18. The lowest BCUT2D eigenvalue weighted by Crippen LogP contribution is -2.36. The van der Waals surface area contributed by atoms with Crippen molar-refractivity contribution in [2.24, 2.45) is 11.5 Å². The van der Waals surface area contributed by atoms with Gasteiger partial charge in [0.2, 0.25) is 5.91 Å². The van der Waals surface area contributed by atoms with Crippen LogP contribution in [-0.2, 0) is 14.4 Å². The second-order valence-electron chi connectivity index (χ2n) is 4.68. The molecular weight excluding hydrogens is 358 g/mol. The summed E-state index contributed by atoms with van der Waals surface area (Å²) in [5, 5.41) is -0.362. The van der Waals surface area contributed by atoms with E-state index in [0.717, 1.165) is 4.90 Å². The minimum Gasteiger partial charge on any atom is -0.482 e. The fourth-order valence-electron chi connectivity index (χ4n) is 1.82. The Labute approximate surface area is 145 Å². The Bertz CT molecular complexity index is 765. The smallest absolute Gasteiger partial charge is 0.294 e. The largest absolute Gasteiger partial charge is 0.482 e. The van der Waals surface area contributed by atoms with Gasteiger partial charge in [-0.15, -0.1) is 0 Å². The number of primary amides is 2. The van der Waals surface area contributed by atoms with Crippen molar-refractivity contribution in [2.75, 3.05) is 13.2 Å². The van der Waals surface area contributed by atoms with Gasteiger partial charge in [-0.05, 0) is 35.5 Å². The molecule has 4 amide bonds. The Morgan fingerprint density at radius 3 is 2.54 bits per heavy atom. The number of imide groups is 1. The van der Waals surface area contributed by atoms with Crippen molar-refractivity contribution in [3.05, 3.63) is 33.7 Å². The molecule has 1 aliphatic heterocycles. The van der Waals surface area contributed by atoms with E-state index in [-0.39, 0.29) is 22.3 Å². The fraction of sp³-hybridized carbons (Fsp3) is 0.143. The molecule has 10 heteroatoms. The van der Waals surface area contributed by atoms with Crippen LogP contribution < -0.4 is 16.2 Å². The molecule has 0 bridgehead atoms. The average Bonchev–Trinajstić information content (AvgIpc) is 2.73. The van der Waals surface area contributed by atoms with Gasteiger partial charge in [0, 0.05) is 0 Å². The van der Waals surface area contributed by atoms with E-state index in [9.17, 15) is 19.2 Å². The van der Waals surface area contributed by atoms with Gasteiger partial charge in [0.15, 0.2) is 6.61 Å². The molecule has 1 aromatic carbocycles. The molecule has 0 aromatic heterocycles. The van der Waals surface area contributed by atoms with Crippen molar-refractivity contribution >= 4 is 52.4 Å². The average molecular weight is 370 g/mol. The van der Waals surface area contributed by atoms with Crippen LogP contribution in [0.25, 0.3) is 6.08 Å². The molecule has 0 saturated carbocycles. The Balaban J connectivity index is 2.18. The zero-order valence-corrected chi connectivity index (χ0v) is 13.7. The third kappa shape index (κ3) is 4.27. The Morgan fingerprint density at radius 2 is 1.96 bits per heavy atom. The van der Waals surface area contributed by atoms with Gasteiger partial charge in [-0.1, -0.05) is 17.7 Å². The molecule has 0 spiro atoms. The first-order valence-corrected chi connectivity index (χ1v) is 7.71. The van der Waals surface area contributed by atoms with Crippen LogP contribution in [0.2, 0.25) is 5.02 Å². The number of nitrogens with zero attached hydrogens (tertiary/aromatic N) is 1. The number of amides is 4. The zero-order valence-electron chi connectivity index (χ0n) is 12.2. The summed E-state index contributed by atoms with van der Waals surface area (Å²) in [6.45, 7) is -0.784. The van der Waals surface area contributed by atoms with Gasteiger partial charge in [0.1, 0.15) is 12.3 Å². The summed E-state index contributed by atoms with van der Waals surface area (Å²) in [4.78, 5) is 46.3. The number of rotatable bonds is 6. The number of thioether (sulfide) groups is 1. The van der Waals surface area contributed by atoms with Crippen molar-refractivity contribution < 1.29 is 23.9 Å². The molecule has 1 saturated heterocycles. The summed E-state index contributed by atoms with van der Waals surface area (Å²) < 4.78 is 5.11. The monoisotopic (exact) mass is 369 g/mol. The van der Waals surface area contributed by atoms with Crippen LogP contribution in [0, 0.1) is 0 Å². The van der Waals surface area contributed by atoms with Crippen LogP contribution in [0.15, 0.2) is 23.1 Å². The van der Waals surface area contributed by atoms with Gasteiger partial charge in [-0.3, -0.25) is 24.1 Å². The van der Waals surface area contributed by atoms with E-state index in [0.29, 0.717) is 17.3 Å². The fourth-order valence-corrected chi connectivity index (χ4v) is 2.90. The second kappa shape index (κ2) is 7.37. The first-order chi connectivity index (χ1) is 11.3. The number of nitrogens with two attached hydrogens (primary N) is 2. The topological polar surface area (TPSA) is 133 Å². The Kier molecular flexibility index (Phi) is 5.47. The maximum Gasteiger partial charge on any atom is 0.294 e. The minimum atomic E-state index is -0.780. The van der Waals surface area contributed by atoms with E-state index in [1.807, 2.05) is 0 Å². The van der Waals surface area contributed by atoms with Crippen LogP contribution in [0.1, 0.15) is 5.56 Å². The maximum atomic E-state index is 12.1. The Morgan fingerprint density at radius 1 is 1.25 bits per heavy atom. The van der Waals surface area contributed by atoms with E-state index < -0.39 is 29.5 Å². The normalized spacial score (nSPS) is 15.9. The number of hydrogen-bond acceptors (Lipinski definition) is 6. The van der Waals surface area contributed by atoms with Crippen LogP contribution in [0.4, 0.5) is 4.79 Å². The third-order valence-corrected chi connectivity index (χ3v) is 4.01. The molecule has 1 heterocycles. The van der Waals surface area contributed by atoms with Crippen molar-refractivity contribution in [1.29, 1.82) is 0 Å². The predicted molar refractivity (Wildman–Crippen MR) is 88.0 cm³/mol. The number of benzene rings is 1. The highest BCUT2D eigenvalue weighted by Crippen LogP contribution is 2.33. The molecule has 0 unspecified atom stereocenters. The molecule has 1 aromatic rings. The van der Waals surface area contributed by atoms with E-state index in [4.69, 9.17) is 27.8 Å². The van der Waals surface area contributed by atoms with Crippen molar-refractivity contribution in [1.82, 2.24) is 4.90 Å². The lowest BCUT2D eigenvalue weighted by atomic mass is 10.2. The van der Waals surface area contributed by atoms with Crippen molar-refractivity contribution in [2.45, 2.75) is 0 Å². The third-order valence-electron chi connectivity index (χ3n) is 2.81. The van der Waals surface area contributed by atoms with Crippen molar-refractivity contribution in [3.8, 4) is 5.75 Å². The summed E-state index contributed by atoms with van der Waals surface area (Å²) >= 11 is 6.72. The maximum absolute atomic E-state index is 12.1. The molecule has 24 heavy (non-hydrogen) atoms. The van der Waals surface area contributed by atoms with Crippen LogP contribution >= 0.6 is 23.4 Å². The van der Waals surface area contributed by atoms with Gasteiger partial charge < -0.3 is 16.2 Å². The predicted octanol–water partition coefficient (Wildman–Crippen LogP) is 0.726. The molecule has 1 aliphatic rings. The Hall–Kier alpha value is -2.52.